The molecule has 1 atom stereocenters. The average molecular weight is 659 g/mol. The summed E-state index contributed by atoms with van der Waals surface area (Å²) in [5.41, 5.74) is 6.27. The summed E-state index contributed by atoms with van der Waals surface area (Å²) in [6.45, 7) is 7.80. The maximum absolute atomic E-state index is 14.7. The van der Waals surface area contributed by atoms with Gasteiger partial charge in [-0.25, -0.2) is 4.68 Å². The summed E-state index contributed by atoms with van der Waals surface area (Å²) < 4.78 is 7.14. The van der Waals surface area contributed by atoms with Crippen molar-refractivity contribution in [3.63, 3.8) is 0 Å². The number of unbranched alkanes of at least 4 members (excludes halogenated alkanes) is 2. The molecular weight excluding hydrogens is 612 g/mol. The molecule has 254 valence electrons. The lowest BCUT2D eigenvalue weighted by Gasteiger charge is -2.36. The van der Waals surface area contributed by atoms with Crippen LogP contribution in [0.25, 0.3) is 27.6 Å². The number of carbonyl (C=O) groups is 2. The molecule has 2 heterocycles. The van der Waals surface area contributed by atoms with Gasteiger partial charge in [-0.3, -0.25) is 9.59 Å². The molecule has 2 amide bonds. The van der Waals surface area contributed by atoms with Crippen molar-refractivity contribution in [1.82, 2.24) is 19.6 Å². The van der Waals surface area contributed by atoms with Gasteiger partial charge in [-0.15, -0.1) is 0 Å². The number of aryl methyl sites for hydroxylation is 1. The summed E-state index contributed by atoms with van der Waals surface area (Å²) in [6.07, 6.45) is 4.45. The van der Waals surface area contributed by atoms with Crippen molar-refractivity contribution in [1.29, 1.82) is 0 Å². The number of rotatable bonds is 12. The van der Waals surface area contributed by atoms with E-state index in [2.05, 4.69) is 38.1 Å². The lowest BCUT2D eigenvalue weighted by atomic mass is 9.93. The van der Waals surface area contributed by atoms with Gasteiger partial charge < -0.3 is 19.6 Å². The number of benzene rings is 4. The first-order chi connectivity index (χ1) is 23.8. The van der Waals surface area contributed by atoms with Crippen LogP contribution >= 0.6 is 0 Å². The van der Waals surface area contributed by atoms with Gasteiger partial charge in [0.2, 0.25) is 0 Å². The van der Waals surface area contributed by atoms with Crippen molar-refractivity contribution >= 4 is 22.6 Å². The quantitative estimate of drug-likeness (QED) is 0.149. The molecular formula is C41H46N4O4. The minimum Gasteiger partial charge on any atom is -0.497 e. The fourth-order valence-corrected chi connectivity index (χ4v) is 6.74. The highest BCUT2D eigenvalue weighted by Crippen LogP contribution is 2.32. The highest BCUT2D eigenvalue weighted by atomic mass is 16.5. The molecule has 1 N–H and O–H groups in total. The van der Waals surface area contributed by atoms with E-state index >= 15 is 0 Å². The molecule has 49 heavy (non-hydrogen) atoms. The van der Waals surface area contributed by atoms with Crippen LogP contribution in [0.4, 0.5) is 0 Å². The van der Waals surface area contributed by atoms with Crippen molar-refractivity contribution in [3.8, 4) is 22.6 Å². The van der Waals surface area contributed by atoms with Crippen LogP contribution in [0.1, 0.15) is 77.2 Å². The van der Waals surface area contributed by atoms with E-state index in [-0.39, 0.29) is 24.5 Å². The number of ether oxygens (including phenoxy) is 1. The van der Waals surface area contributed by atoms with E-state index in [1.54, 1.807) is 16.7 Å². The molecule has 0 saturated carbocycles. The molecule has 0 spiro atoms. The molecule has 1 aliphatic rings. The minimum absolute atomic E-state index is 0.0889. The van der Waals surface area contributed by atoms with Crippen molar-refractivity contribution in [2.75, 3.05) is 26.8 Å². The van der Waals surface area contributed by atoms with Gasteiger partial charge in [0.25, 0.3) is 11.8 Å². The van der Waals surface area contributed by atoms with Crippen LogP contribution < -0.4 is 4.74 Å². The third kappa shape index (κ3) is 7.10. The van der Waals surface area contributed by atoms with Crippen molar-refractivity contribution < 1.29 is 19.4 Å². The number of carbonyl (C=O) groups excluding carboxylic acids is 2. The maximum Gasteiger partial charge on any atom is 0.274 e. The second kappa shape index (κ2) is 15.1. The second-order valence-corrected chi connectivity index (χ2v) is 13.0. The summed E-state index contributed by atoms with van der Waals surface area (Å²) in [7, 11) is 1.66. The number of methoxy groups -OCH3 is 1. The van der Waals surface area contributed by atoms with Crippen molar-refractivity contribution in [3.05, 3.63) is 113 Å². The first-order valence-corrected chi connectivity index (χ1v) is 17.4. The van der Waals surface area contributed by atoms with Crippen molar-refractivity contribution in [2.24, 2.45) is 0 Å². The Balaban J connectivity index is 1.43. The summed E-state index contributed by atoms with van der Waals surface area (Å²) in [5, 5.41) is 17.4. The van der Waals surface area contributed by atoms with Crippen LogP contribution in [-0.4, -0.2) is 69.3 Å². The molecule has 0 aliphatic carbocycles. The van der Waals surface area contributed by atoms with Crippen LogP contribution in [0, 0.1) is 6.92 Å². The maximum atomic E-state index is 14.7. The molecule has 0 unspecified atom stereocenters. The monoisotopic (exact) mass is 658 g/mol. The molecule has 0 saturated heterocycles. The van der Waals surface area contributed by atoms with Gasteiger partial charge >= 0.3 is 0 Å². The summed E-state index contributed by atoms with van der Waals surface area (Å²) in [6, 6.07) is 27.6. The van der Waals surface area contributed by atoms with E-state index in [9.17, 15) is 14.7 Å². The first-order valence-electron chi connectivity index (χ1n) is 17.4. The second-order valence-electron chi connectivity index (χ2n) is 13.0. The molecule has 0 fully saturated rings. The largest absolute Gasteiger partial charge is 0.497 e. The Kier molecular flexibility index (Phi) is 10.4. The van der Waals surface area contributed by atoms with Crippen LogP contribution in [-0.2, 0) is 13.0 Å². The van der Waals surface area contributed by atoms with Gasteiger partial charge in [-0.2, -0.15) is 5.10 Å². The zero-order valence-electron chi connectivity index (χ0n) is 29.0. The number of aromatic nitrogens is 2. The minimum atomic E-state index is -0.365. The predicted octanol–water partition coefficient (Wildman–Crippen LogP) is 7.61. The molecule has 4 aromatic carbocycles. The van der Waals surface area contributed by atoms with Gasteiger partial charge in [-0.1, -0.05) is 75.2 Å². The normalized spacial score (nSPS) is 14.1. The average Bonchev–Trinajstić information content (AvgIpc) is 3.54. The Morgan fingerprint density at radius 2 is 1.55 bits per heavy atom. The van der Waals surface area contributed by atoms with E-state index < -0.39 is 0 Å². The van der Waals surface area contributed by atoms with Crippen LogP contribution in [0.2, 0.25) is 0 Å². The third-order valence-electron chi connectivity index (χ3n) is 9.62. The Hall–Kier alpha value is -4.95. The standard InChI is InChI=1S/C41H46N4O4/c1-5-7-19-43(20-8-6-2)41(48)38-21-28(3)45(42-38)39-18-16-33(30-13-14-32-24-36(49-4)17-15-31(32)22-30)25-37(39)40(47)44-26-34-12-10-9-11-29(34)23-35(44)27-46/h9-18,21-22,24-25,35,46H,5-8,19-20,23,26-27H2,1-4H3/t35-/m0/s1. The zero-order valence-corrected chi connectivity index (χ0v) is 29.0. The van der Waals surface area contributed by atoms with Crippen LogP contribution in [0.15, 0.2) is 84.9 Å². The summed E-state index contributed by atoms with van der Waals surface area (Å²) >= 11 is 0. The van der Waals surface area contributed by atoms with Gasteiger partial charge in [0, 0.05) is 25.3 Å². The SMILES string of the molecule is CCCCN(CCCC)C(=O)c1cc(C)n(-c2ccc(-c3ccc4cc(OC)ccc4c3)cc2C(=O)N2Cc3ccccc3C[C@H]2CO)n1. The van der Waals surface area contributed by atoms with Gasteiger partial charge in [-0.05, 0) is 95.6 Å². The number of aliphatic hydroxyl groups excluding tert-OH is 1. The Labute approximate surface area is 288 Å². The zero-order chi connectivity index (χ0) is 34.5. The van der Waals surface area contributed by atoms with Gasteiger partial charge in [0.05, 0.1) is 31.0 Å². The highest BCUT2D eigenvalue weighted by molar-refractivity contribution is 6.00. The summed E-state index contributed by atoms with van der Waals surface area (Å²) in [4.78, 5) is 32.1. The van der Waals surface area contributed by atoms with E-state index in [4.69, 9.17) is 9.84 Å². The van der Waals surface area contributed by atoms with Gasteiger partial charge in [0.15, 0.2) is 5.69 Å². The fourth-order valence-electron chi connectivity index (χ4n) is 6.74. The first kappa shape index (κ1) is 33.9. The summed E-state index contributed by atoms with van der Waals surface area (Å²) in [5.74, 6) is 0.519. The Bertz CT molecular complexity index is 1960. The molecule has 8 heteroatoms. The highest BCUT2D eigenvalue weighted by Gasteiger charge is 2.32. The molecule has 5 aromatic rings. The lowest BCUT2D eigenvalue weighted by Crippen LogP contribution is -2.46. The van der Waals surface area contributed by atoms with E-state index in [1.165, 1.54) is 0 Å². The van der Waals surface area contributed by atoms with Crippen molar-refractivity contribution in [2.45, 2.75) is 65.5 Å². The van der Waals surface area contributed by atoms with Gasteiger partial charge in [0.1, 0.15) is 5.75 Å². The number of hydrogen-bond donors (Lipinski definition) is 1. The van der Waals surface area contributed by atoms with Crippen LogP contribution in [0.3, 0.4) is 0 Å². The topological polar surface area (TPSA) is 87.9 Å². The molecule has 0 bridgehead atoms. The molecule has 1 aromatic heterocycles. The molecule has 0 radical (unpaired) electrons. The predicted molar refractivity (Wildman–Crippen MR) is 194 cm³/mol. The fraction of sp³-hybridized carbons (Fsp3) is 0.341. The number of fused-ring (bicyclic) bond motifs is 2. The Morgan fingerprint density at radius 3 is 2.27 bits per heavy atom. The number of hydrogen-bond acceptors (Lipinski definition) is 5. The van der Waals surface area contributed by atoms with E-state index in [0.29, 0.717) is 43.0 Å². The van der Waals surface area contributed by atoms with E-state index in [1.807, 2.05) is 72.5 Å². The number of nitrogens with zero attached hydrogens (tertiary/aromatic N) is 4. The number of aliphatic hydroxyl groups is 1. The molecule has 1 aliphatic heterocycles. The Morgan fingerprint density at radius 1 is 0.878 bits per heavy atom. The van der Waals surface area contributed by atoms with Crippen LogP contribution in [0.5, 0.6) is 5.75 Å². The number of amides is 2. The van der Waals surface area contributed by atoms with E-state index in [0.717, 1.165) is 70.2 Å². The molecule has 8 nitrogen and oxygen atoms in total. The molecule has 6 rings (SSSR count). The lowest BCUT2D eigenvalue weighted by molar-refractivity contribution is 0.0544. The third-order valence-corrected chi connectivity index (χ3v) is 9.62. The smallest absolute Gasteiger partial charge is 0.274 e.